The number of benzene rings is 7. The third-order valence-electron chi connectivity index (χ3n) is 13.7. The van der Waals surface area contributed by atoms with Gasteiger partial charge < -0.3 is 14.0 Å². The van der Waals surface area contributed by atoms with Gasteiger partial charge in [0.15, 0.2) is 0 Å². The molecule has 0 unspecified atom stereocenters. The van der Waals surface area contributed by atoms with Crippen LogP contribution in [0.5, 0.6) is 0 Å². The Hall–Kier alpha value is -6.46. The third-order valence-corrected chi connectivity index (χ3v) is 13.7. The van der Waals surface area contributed by atoms with E-state index < -0.39 is 0 Å². The minimum absolute atomic E-state index is 0. The number of nitrogens with zero attached hydrogens (tertiary/aromatic N) is 3. The minimum Gasteiger partial charge on any atom is -0.501 e. The SMILES string of the molecule is CC(C)(C)c1ccnc(-c2[c-]cc(F)c(C(C)(C)C)c2)c1.CC(C)c1cc(-c2ccc(C(C)(C)C)cc2)cc(C(C)C)c1-n1c(-c2[c-]ccc3c2oc2cc(-c4ccccc4)ccc23)nc2ccccc21.[Ir]. The maximum absolute atomic E-state index is 14.0. The number of hydrogen-bond acceptors (Lipinski definition) is 3. The van der Waals surface area contributed by atoms with Crippen molar-refractivity contribution >= 4 is 33.0 Å². The number of pyridine rings is 1. The molecule has 72 heavy (non-hydrogen) atoms. The summed E-state index contributed by atoms with van der Waals surface area (Å²) in [6.07, 6.45) is 1.81. The number of para-hydroxylation sites is 2. The van der Waals surface area contributed by atoms with Crippen molar-refractivity contribution in [3.63, 3.8) is 0 Å². The first-order valence-electron chi connectivity index (χ1n) is 25.1. The number of rotatable bonds is 7. The Morgan fingerprint density at radius 2 is 1.21 bits per heavy atom. The molecule has 1 radical (unpaired) electrons. The van der Waals surface area contributed by atoms with Gasteiger partial charge in [0, 0.05) is 43.2 Å². The summed E-state index contributed by atoms with van der Waals surface area (Å²) in [5.41, 5.74) is 18.0. The summed E-state index contributed by atoms with van der Waals surface area (Å²) >= 11 is 0. The van der Waals surface area contributed by atoms with E-state index in [4.69, 9.17) is 9.40 Å². The molecule has 7 aromatic carbocycles. The smallest absolute Gasteiger partial charge is 0.121 e. The van der Waals surface area contributed by atoms with Gasteiger partial charge in [-0.05, 0) is 115 Å². The second-order valence-electron chi connectivity index (χ2n) is 22.7. The van der Waals surface area contributed by atoms with Crippen LogP contribution in [-0.2, 0) is 36.4 Å². The number of imidazole rings is 1. The van der Waals surface area contributed by atoms with Crippen LogP contribution < -0.4 is 0 Å². The summed E-state index contributed by atoms with van der Waals surface area (Å²) in [4.78, 5) is 9.75. The van der Waals surface area contributed by atoms with Gasteiger partial charge in [-0.2, -0.15) is 0 Å². The second kappa shape index (κ2) is 20.2. The van der Waals surface area contributed by atoms with E-state index in [0.29, 0.717) is 5.56 Å². The Bertz CT molecular complexity index is 3510. The van der Waals surface area contributed by atoms with Gasteiger partial charge in [0.2, 0.25) is 0 Å². The van der Waals surface area contributed by atoms with E-state index in [0.717, 1.165) is 61.2 Å². The van der Waals surface area contributed by atoms with Gasteiger partial charge in [0.25, 0.3) is 0 Å². The summed E-state index contributed by atoms with van der Waals surface area (Å²) in [7, 11) is 0. The molecule has 0 aliphatic carbocycles. The molecule has 0 saturated heterocycles. The summed E-state index contributed by atoms with van der Waals surface area (Å²) in [5, 5.41) is 2.15. The molecule has 6 heteroatoms. The van der Waals surface area contributed by atoms with E-state index in [2.05, 4.69) is 206 Å². The van der Waals surface area contributed by atoms with E-state index in [9.17, 15) is 4.39 Å². The number of hydrogen-bond donors (Lipinski definition) is 0. The quantitative estimate of drug-likeness (QED) is 0.149. The van der Waals surface area contributed by atoms with Crippen LogP contribution in [0.2, 0.25) is 0 Å². The van der Waals surface area contributed by atoms with E-state index in [1.807, 2.05) is 51.2 Å². The molecule has 3 heterocycles. The third kappa shape index (κ3) is 10.4. The van der Waals surface area contributed by atoms with Gasteiger partial charge in [-0.3, -0.25) is 9.37 Å². The molecule has 0 amide bonds. The standard InChI is InChI=1S/C47H43N2O.C19H23FN.Ir/c1-29(2)39-26-34(32-20-23-35(24-21-32)47(5,6)7)27-40(30(3)4)44(39)49-42-19-12-11-18-41(42)48-46(49)38-17-13-16-37-36-25-22-33(28-43(36)50-45(37)38)31-14-9-8-10-15-31;1-18(2,3)14-9-10-21-17(12-14)13-7-8-16(20)15(11-13)19(4,5)6;/h8-16,18-30H,1-7H3;8-12H,1-6H3;/q2*-1;. The average molecular weight is 1130 g/mol. The van der Waals surface area contributed by atoms with Crippen LogP contribution in [0.3, 0.4) is 0 Å². The number of fused-ring (bicyclic) bond motifs is 4. The predicted molar refractivity (Wildman–Crippen MR) is 296 cm³/mol. The fourth-order valence-corrected chi connectivity index (χ4v) is 9.53. The van der Waals surface area contributed by atoms with Crippen molar-refractivity contribution in [1.82, 2.24) is 14.5 Å². The van der Waals surface area contributed by atoms with Crippen molar-refractivity contribution < 1.29 is 28.9 Å². The molecule has 0 spiro atoms. The first-order valence-corrected chi connectivity index (χ1v) is 25.1. The van der Waals surface area contributed by atoms with Crippen LogP contribution >= 0.6 is 0 Å². The zero-order chi connectivity index (χ0) is 50.6. The normalized spacial score (nSPS) is 12.2. The number of halogens is 1. The minimum atomic E-state index is -0.241. The van der Waals surface area contributed by atoms with E-state index >= 15 is 0 Å². The Morgan fingerprint density at radius 1 is 0.583 bits per heavy atom. The molecule has 0 saturated carbocycles. The second-order valence-corrected chi connectivity index (χ2v) is 22.7. The van der Waals surface area contributed by atoms with Gasteiger partial charge in [0.05, 0.1) is 22.4 Å². The molecular formula is C66H66FIrN3O-2. The zero-order valence-electron chi connectivity index (χ0n) is 44.0. The number of aromatic nitrogens is 3. The molecule has 10 rings (SSSR count). The van der Waals surface area contributed by atoms with Crippen LogP contribution in [0.15, 0.2) is 156 Å². The monoisotopic (exact) mass is 1130 g/mol. The van der Waals surface area contributed by atoms with Crippen LogP contribution in [0.4, 0.5) is 4.39 Å². The Balaban J connectivity index is 0.000000265. The summed E-state index contributed by atoms with van der Waals surface area (Å²) < 4.78 is 23.1. The molecule has 0 atom stereocenters. The molecule has 4 nitrogen and oxygen atoms in total. The van der Waals surface area contributed by atoms with E-state index in [1.54, 1.807) is 0 Å². The molecule has 0 fully saturated rings. The Labute approximate surface area is 440 Å². The maximum Gasteiger partial charge on any atom is 0.121 e. The van der Waals surface area contributed by atoms with Gasteiger partial charge in [-0.1, -0.05) is 191 Å². The zero-order valence-corrected chi connectivity index (χ0v) is 46.4. The Kier molecular flexibility index (Phi) is 14.6. The van der Waals surface area contributed by atoms with Crippen molar-refractivity contribution in [2.45, 2.75) is 118 Å². The molecule has 0 aliphatic rings. The molecular weight excluding hydrogens is 1060 g/mol. The van der Waals surface area contributed by atoms with Gasteiger partial charge >= 0.3 is 0 Å². The largest absolute Gasteiger partial charge is 0.501 e. The average Bonchev–Trinajstić information content (AvgIpc) is 3.92. The van der Waals surface area contributed by atoms with Crippen molar-refractivity contribution in [2.24, 2.45) is 0 Å². The molecule has 0 aliphatic heterocycles. The molecule has 10 aromatic rings. The van der Waals surface area contributed by atoms with Crippen LogP contribution in [-0.4, -0.2) is 14.5 Å². The van der Waals surface area contributed by atoms with E-state index in [1.165, 1.54) is 50.7 Å². The first kappa shape index (κ1) is 51.9. The maximum atomic E-state index is 14.0. The fraction of sp³-hybridized carbons (Fsp3) is 0.273. The van der Waals surface area contributed by atoms with Crippen molar-refractivity contribution in [3.8, 4) is 50.6 Å². The fourth-order valence-electron chi connectivity index (χ4n) is 9.53. The predicted octanol–water partition coefficient (Wildman–Crippen LogP) is 18.6. The van der Waals surface area contributed by atoms with E-state index in [-0.39, 0.29) is 54.0 Å². The topological polar surface area (TPSA) is 43.9 Å². The molecule has 0 N–H and O–H groups in total. The molecule has 3 aromatic heterocycles. The van der Waals surface area contributed by atoms with Crippen molar-refractivity contribution in [1.29, 1.82) is 0 Å². The van der Waals surface area contributed by atoms with Crippen molar-refractivity contribution in [3.05, 3.63) is 198 Å². The first-order chi connectivity index (χ1) is 33.7. The van der Waals surface area contributed by atoms with Gasteiger partial charge in [0.1, 0.15) is 5.58 Å². The van der Waals surface area contributed by atoms with Crippen LogP contribution in [0.1, 0.15) is 130 Å². The van der Waals surface area contributed by atoms with Gasteiger partial charge in [-0.25, -0.2) is 0 Å². The Morgan fingerprint density at radius 3 is 1.85 bits per heavy atom. The number of furan rings is 1. The molecule has 0 bridgehead atoms. The summed E-state index contributed by atoms with van der Waals surface area (Å²) in [6, 6.07) is 57.4. The molecule has 369 valence electrons. The summed E-state index contributed by atoms with van der Waals surface area (Å²) in [5.74, 6) is 1.17. The van der Waals surface area contributed by atoms with Crippen LogP contribution in [0.25, 0.3) is 83.6 Å². The summed E-state index contributed by atoms with van der Waals surface area (Å²) in [6.45, 7) is 28.5. The van der Waals surface area contributed by atoms with Gasteiger partial charge in [-0.15, -0.1) is 42.0 Å². The van der Waals surface area contributed by atoms with Crippen molar-refractivity contribution in [2.75, 3.05) is 0 Å². The van der Waals surface area contributed by atoms with Crippen LogP contribution in [0, 0.1) is 17.9 Å².